The van der Waals surface area contributed by atoms with E-state index in [1.54, 1.807) is 0 Å². The van der Waals surface area contributed by atoms with Crippen LogP contribution in [-0.2, 0) is 4.79 Å². The van der Waals surface area contributed by atoms with Crippen LogP contribution in [0, 0.1) is 13.8 Å². The Morgan fingerprint density at radius 1 is 1.45 bits per heavy atom. The molecule has 4 nitrogen and oxygen atoms in total. The van der Waals surface area contributed by atoms with E-state index in [1.807, 2.05) is 19.9 Å². The molecule has 0 unspecified atom stereocenters. The summed E-state index contributed by atoms with van der Waals surface area (Å²) in [6, 6.07) is 1.90. The third kappa shape index (κ3) is 1.79. The average molecular weight is 273 g/mol. The van der Waals surface area contributed by atoms with Crippen molar-refractivity contribution >= 4 is 12.5 Å². The molecular weight excluding hydrogens is 254 g/mol. The summed E-state index contributed by atoms with van der Waals surface area (Å²) >= 11 is 0. The van der Waals surface area contributed by atoms with Crippen LogP contribution in [0.1, 0.15) is 36.0 Å². The maximum Gasteiger partial charge on any atom is 0.207 e. The first-order chi connectivity index (χ1) is 9.57. The molecule has 1 heterocycles. The fourth-order valence-corrected chi connectivity index (χ4v) is 3.08. The molecule has 1 aromatic carbocycles. The molecule has 1 aliphatic carbocycles. The van der Waals surface area contributed by atoms with Crippen LogP contribution in [0.5, 0.6) is 11.5 Å². The van der Waals surface area contributed by atoms with Crippen molar-refractivity contribution in [1.82, 2.24) is 5.32 Å². The van der Waals surface area contributed by atoms with Gasteiger partial charge in [0, 0.05) is 17.7 Å². The van der Waals surface area contributed by atoms with E-state index < -0.39 is 0 Å². The minimum absolute atomic E-state index is 0.251. The van der Waals surface area contributed by atoms with E-state index in [9.17, 15) is 9.90 Å². The quantitative estimate of drug-likeness (QED) is 0.832. The molecule has 0 aromatic heterocycles. The van der Waals surface area contributed by atoms with E-state index in [4.69, 9.17) is 4.74 Å². The van der Waals surface area contributed by atoms with E-state index in [0.29, 0.717) is 18.7 Å². The molecule has 1 spiro atoms. The van der Waals surface area contributed by atoms with Crippen LogP contribution in [0.2, 0.25) is 0 Å². The number of benzene rings is 1. The van der Waals surface area contributed by atoms with Crippen molar-refractivity contribution in [2.24, 2.45) is 0 Å². The number of aryl methyl sites for hydroxylation is 1. The molecule has 0 atom stereocenters. The number of amides is 1. The van der Waals surface area contributed by atoms with Crippen LogP contribution in [0.3, 0.4) is 0 Å². The molecule has 0 radical (unpaired) electrons. The Kier molecular flexibility index (Phi) is 2.96. The van der Waals surface area contributed by atoms with Gasteiger partial charge in [-0.05, 0) is 56.4 Å². The summed E-state index contributed by atoms with van der Waals surface area (Å²) in [4.78, 5) is 10.6. The van der Waals surface area contributed by atoms with Crippen molar-refractivity contribution in [2.75, 3.05) is 6.54 Å². The van der Waals surface area contributed by atoms with Gasteiger partial charge in [-0.25, -0.2) is 0 Å². The topological polar surface area (TPSA) is 58.6 Å². The molecule has 1 aromatic rings. The van der Waals surface area contributed by atoms with Crippen molar-refractivity contribution in [3.05, 3.63) is 28.3 Å². The van der Waals surface area contributed by atoms with Crippen molar-refractivity contribution in [3.8, 4) is 11.5 Å². The van der Waals surface area contributed by atoms with E-state index in [2.05, 4.69) is 11.4 Å². The molecule has 2 N–H and O–H groups in total. The second-order valence-electron chi connectivity index (χ2n) is 5.70. The highest BCUT2D eigenvalue weighted by Gasteiger charge is 2.45. The molecule has 3 rings (SSSR count). The fraction of sp³-hybridized carbons (Fsp3) is 0.438. The Hall–Kier alpha value is -1.97. The minimum atomic E-state index is -0.251. The predicted octanol–water partition coefficient (Wildman–Crippen LogP) is 2.45. The summed E-state index contributed by atoms with van der Waals surface area (Å²) < 4.78 is 6.25. The van der Waals surface area contributed by atoms with Crippen molar-refractivity contribution in [3.63, 3.8) is 0 Å². The van der Waals surface area contributed by atoms with Gasteiger partial charge in [-0.1, -0.05) is 0 Å². The lowest BCUT2D eigenvalue weighted by Gasteiger charge is -2.46. The summed E-state index contributed by atoms with van der Waals surface area (Å²) in [6.07, 6.45) is 5.89. The van der Waals surface area contributed by atoms with Gasteiger partial charge in [-0.2, -0.15) is 0 Å². The van der Waals surface area contributed by atoms with Crippen molar-refractivity contribution < 1.29 is 14.6 Å². The summed E-state index contributed by atoms with van der Waals surface area (Å²) in [5.74, 6) is 1.16. The van der Waals surface area contributed by atoms with Gasteiger partial charge in [0.1, 0.15) is 17.1 Å². The van der Waals surface area contributed by atoms with Gasteiger partial charge in [0.05, 0.1) is 0 Å². The Morgan fingerprint density at radius 3 is 2.80 bits per heavy atom. The molecule has 4 heteroatoms. The molecule has 1 fully saturated rings. The van der Waals surface area contributed by atoms with Gasteiger partial charge in [0.2, 0.25) is 6.41 Å². The predicted molar refractivity (Wildman–Crippen MR) is 76.8 cm³/mol. The second kappa shape index (κ2) is 4.54. The molecule has 0 saturated heterocycles. The third-order valence-corrected chi connectivity index (χ3v) is 4.49. The third-order valence-electron chi connectivity index (χ3n) is 4.49. The number of nitrogens with one attached hydrogen (secondary N) is 1. The molecule has 2 aliphatic rings. The molecule has 1 aliphatic heterocycles. The van der Waals surface area contributed by atoms with Crippen LogP contribution in [0.15, 0.2) is 11.6 Å². The van der Waals surface area contributed by atoms with Gasteiger partial charge >= 0.3 is 0 Å². The summed E-state index contributed by atoms with van der Waals surface area (Å²) in [7, 11) is 0. The highest BCUT2D eigenvalue weighted by Crippen LogP contribution is 2.49. The Balaban J connectivity index is 2.08. The highest BCUT2D eigenvalue weighted by atomic mass is 16.5. The number of phenolic OH excluding ortho intramolecular Hbond substituents is 1. The van der Waals surface area contributed by atoms with Gasteiger partial charge in [0.25, 0.3) is 0 Å². The fourth-order valence-electron chi connectivity index (χ4n) is 3.08. The Labute approximate surface area is 118 Å². The number of carbonyl (C=O) groups is 1. The number of aromatic hydroxyl groups is 1. The molecule has 20 heavy (non-hydrogen) atoms. The van der Waals surface area contributed by atoms with Crippen LogP contribution in [0.25, 0.3) is 6.08 Å². The van der Waals surface area contributed by atoms with Crippen molar-refractivity contribution in [2.45, 2.75) is 38.7 Å². The van der Waals surface area contributed by atoms with Gasteiger partial charge < -0.3 is 15.2 Å². The lowest BCUT2D eigenvalue weighted by Crippen LogP contribution is -2.48. The first-order valence-electron chi connectivity index (χ1n) is 6.98. The first-order valence-corrected chi connectivity index (χ1v) is 6.98. The summed E-state index contributed by atoms with van der Waals surface area (Å²) in [6.45, 7) is 4.27. The molecule has 1 amide bonds. The van der Waals surface area contributed by atoms with Crippen LogP contribution in [-0.4, -0.2) is 23.7 Å². The van der Waals surface area contributed by atoms with E-state index in [-0.39, 0.29) is 5.60 Å². The number of carbonyl (C=O) groups excluding carboxylic acids is 1. The molecule has 106 valence electrons. The normalized spacial score (nSPS) is 18.6. The number of hydrogen-bond acceptors (Lipinski definition) is 3. The van der Waals surface area contributed by atoms with Gasteiger partial charge in [-0.15, -0.1) is 0 Å². The van der Waals surface area contributed by atoms with Gasteiger partial charge in [0.15, 0.2) is 0 Å². The zero-order valence-electron chi connectivity index (χ0n) is 11.8. The second-order valence-corrected chi connectivity index (χ2v) is 5.70. The zero-order chi connectivity index (χ0) is 14.3. The van der Waals surface area contributed by atoms with E-state index in [0.717, 1.165) is 47.3 Å². The number of ether oxygens (including phenoxy) is 1. The number of rotatable bonds is 3. The standard InChI is InChI=1S/C16H19NO3/c1-10-6-14-13(11(2)15(10)19)7-12(8-17-9-18)16(20-14)4-3-5-16/h6-7,9,19H,3-5,8H2,1-2H3,(H,17,18). The monoisotopic (exact) mass is 273 g/mol. The average Bonchev–Trinajstić information content (AvgIpc) is 2.40. The van der Waals surface area contributed by atoms with Crippen LogP contribution >= 0.6 is 0 Å². The molecule has 0 bridgehead atoms. The number of fused-ring (bicyclic) bond motifs is 1. The van der Waals surface area contributed by atoms with E-state index >= 15 is 0 Å². The zero-order valence-corrected chi connectivity index (χ0v) is 11.8. The maximum atomic E-state index is 10.6. The van der Waals surface area contributed by atoms with Crippen LogP contribution in [0.4, 0.5) is 0 Å². The lowest BCUT2D eigenvalue weighted by molar-refractivity contribution is -0.109. The highest BCUT2D eigenvalue weighted by molar-refractivity contribution is 5.71. The van der Waals surface area contributed by atoms with Gasteiger partial charge in [-0.3, -0.25) is 4.79 Å². The Morgan fingerprint density at radius 2 is 2.20 bits per heavy atom. The summed E-state index contributed by atoms with van der Waals surface area (Å²) in [5.41, 5.74) is 3.43. The van der Waals surface area contributed by atoms with E-state index in [1.165, 1.54) is 0 Å². The number of phenols is 1. The SMILES string of the molecule is Cc1cc2c(c(C)c1O)C=C(CNC=O)C1(CCC1)O2. The summed E-state index contributed by atoms with van der Waals surface area (Å²) in [5, 5.41) is 12.8. The first kappa shape index (κ1) is 13.0. The smallest absolute Gasteiger partial charge is 0.207 e. The minimum Gasteiger partial charge on any atom is -0.507 e. The maximum absolute atomic E-state index is 10.6. The number of hydrogen-bond donors (Lipinski definition) is 2. The lowest BCUT2D eigenvalue weighted by atomic mass is 9.72. The van der Waals surface area contributed by atoms with Crippen LogP contribution < -0.4 is 10.1 Å². The van der Waals surface area contributed by atoms with Crippen molar-refractivity contribution in [1.29, 1.82) is 0 Å². The Bertz CT molecular complexity index is 600. The largest absolute Gasteiger partial charge is 0.507 e. The molecule has 1 saturated carbocycles. The molecular formula is C16H19NO3.